The van der Waals surface area contributed by atoms with Crippen molar-refractivity contribution in [2.75, 3.05) is 4.90 Å². The van der Waals surface area contributed by atoms with Crippen molar-refractivity contribution in [1.29, 1.82) is 0 Å². The van der Waals surface area contributed by atoms with Gasteiger partial charge < -0.3 is 4.90 Å². The third-order valence-corrected chi connectivity index (χ3v) is 9.59. The Kier molecular flexibility index (Phi) is 6.42. The van der Waals surface area contributed by atoms with Gasteiger partial charge in [0.15, 0.2) is 11.6 Å². The van der Waals surface area contributed by atoms with Gasteiger partial charge in [-0.2, -0.15) is 9.97 Å². The first-order chi connectivity index (χ1) is 24.8. The summed E-state index contributed by atoms with van der Waals surface area (Å²) in [7, 11) is 0. The lowest BCUT2D eigenvalue weighted by molar-refractivity contribution is 0.954. The van der Waals surface area contributed by atoms with Gasteiger partial charge in [0.25, 0.3) is 0 Å². The molecular weight excluding hydrogens is 611 g/mol. The molecule has 0 radical (unpaired) electrons. The Bertz CT molecular complexity index is 2640. The molecule has 50 heavy (non-hydrogen) atoms. The molecule has 0 unspecified atom stereocenters. The van der Waals surface area contributed by atoms with Gasteiger partial charge in [0.1, 0.15) is 0 Å². The summed E-state index contributed by atoms with van der Waals surface area (Å²) < 4.78 is 2.25. The smallest absolute Gasteiger partial charge is 0.238 e. The van der Waals surface area contributed by atoms with Crippen molar-refractivity contribution in [3.8, 4) is 51.0 Å². The van der Waals surface area contributed by atoms with Gasteiger partial charge in [-0.3, -0.25) is 4.57 Å². The summed E-state index contributed by atoms with van der Waals surface area (Å²) in [4.78, 5) is 17.9. The number of fused-ring (bicyclic) bond motifs is 9. The Balaban J connectivity index is 1.37. The van der Waals surface area contributed by atoms with Crippen molar-refractivity contribution in [3.63, 3.8) is 0 Å². The number of para-hydroxylation sites is 3. The summed E-state index contributed by atoms with van der Waals surface area (Å²) in [6.07, 6.45) is 0. The van der Waals surface area contributed by atoms with Gasteiger partial charge in [-0.25, -0.2) is 4.98 Å². The lowest BCUT2D eigenvalue weighted by atomic mass is 9.93. The van der Waals surface area contributed by atoms with Gasteiger partial charge >= 0.3 is 0 Å². The highest BCUT2D eigenvalue weighted by Crippen LogP contribution is 2.53. The second-order valence-electron chi connectivity index (χ2n) is 12.5. The van der Waals surface area contributed by atoms with Crippen LogP contribution in [0.3, 0.4) is 0 Å². The molecular formula is C45H29N5. The van der Waals surface area contributed by atoms with Crippen LogP contribution in [0, 0.1) is 0 Å². The van der Waals surface area contributed by atoms with Gasteiger partial charge in [0.05, 0.1) is 22.4 Å². The predicted octanol–water partition coefficient (Wildman–Crippen LogP) is 11.4. The Labute approximate surface area is 289 Å². The first kappa shape index (κ1) is 28.2. The van der Waals surface area contributed by atoms with Crippen LogP contribution in [0.2, 0.25) is 0 Å². The molecule has 0 saturated heterocycles. The van der Waals surface area contributed by atoms with Gasteiger partial charge in [-0.1, -0.05) is 146 Å². The summed E-state index contributed by atoms with van der Waals surface area (Å²) in [5.74, 6) is 1.82. The van der Waals surface area contributed by atoms with E-state index in [4.69, 9.17) is 15.0 Å². The molecule has 1 aliphatic heterocycles. The maximum Gasteiger partial charge on any atom is 0.238 e. The number of hydrogen-bond donors (Lipinski definition) is 0. The Morgan fingerprint density at radius 2 is 0.940 bits per heavy atom. The van der Waals surface area contributed by atoms with Crippen molar-refractivity contribution < 1.29 is 0 Å². The lowest BCUT2D eigenvalue weighted by Crippen LogP contribution is -2.11. The van der Waals surface area contributed by atoms with E-state index in [0.717, 1.165) is 61.1 Å². The zero-order valence-corrected chi connectivity index (χ0v) is 27.0. The van der Waals surface area contributed by atoms with Crippen molar-refractivity contribution in [2.45, 2.75) is 0 Å². The molecule has 2 aromatic heterocycles. The minimum absolute atomic E-state index is 0.572. The summed E-state index contributed by atoms with van der Waals surface area (Å²) in [5.41, 5.74) is 11.9. The maximum atomic E-state index is 5.24. The van der Waals surface area contributed by atoms with E-state index >= 15 is 0 Å². The normalized spacial score (nSPS) is 12.0. The minimum atomic E-state index is 0.572. The molecule has 0 amide bonds. The predicted molar refractivity (Wildman–Crippen MR) is 204 cm³/mol. The average molecular weight is 640 g/mol. The molecule has 5 nitrogen and oxygen atoms in total. The maximum absolute atomic E-state index is 5.24. The number of rotatable bonds is 4. The zero-order valence-electron chi connectivity index (χ0n) is 27.0. The van der Waals surface area contributed by atoms with Crippen molar-refractivity contribution in [1.82, 2.24) is 19.5 Å². The van der Waals surface area contributed by atoms with E-state index in [1.165, 1.54) is 11.1 Å². The lowest BCUT2D eigenvalue weighted by Gasteiger charge is -2.27. The van der Waals surface area contributed by atoms with Gasteiger partial charge in [0, 0.05) is 38.7 Å². The van der Waals surface area contributed by atoms with Crippen LogP contribution in [-0.2, 0) is 0 Å². The van der Waals surface area contributed by atoms with Crippen LogP contribution in [0.4, 0.5) is 17.1 Å². The zero-order chi connectivity index (χ0) is 33.0. The van der Waals surface area contributed by atoms with Gasteiger partial charge in [-0.15, -0.1) is 0 Å². The van der Waals surface area contributed by atoms with Crippen molar-refractivity contribution >= 4 is 38.9 Å². The SMILES string of the molecule is c1ccc(-c2nc(-c3ccccc3)nc(-n3c4ccccc4c4ccc5c(c43)-c3ccccc3-c3ccccc3N5c3ccccc3)n2)cc1. The molecule has 0 atom stereocenters. The molecule has 0 saturated carbocycles. The Hall–Kier alpha value is -6.85. The van der Waals surface area contributed by atoms with Crippen LogP contribution < -0.4 is 4.90 Å². The van der Waals surface area contributed by atoms with Crippen molar-refractivity contribution in [3.05, 3.63) is 176 Å². The van der Waals surface area contributed by atoms with Gasteiger partial charge in [0.2, 0.25) is 5.95 Å². The fourth-order valence-electron chi connectivity index (χ4n) is 7.42. The summed E-state index contributed by atoms with van der Waals surface area (Å²) in [5, 5.41) is 2.27. The first-order valence-corrected chi connectivity index (χ1v) is 16.8. The number of nitrogens with zero attached hydrogens (tertiary/aromatic N) is 5. The summed E-state index contributed by atoms with van der Waals surface area (Å²) in [6, 6.07) is 61.5. The Morgan fingerprint density at radius 1 is 0.380 bits per heavy atom. The van der Waals surface area contributed by atoms with E-state index in [2.05, 4.69) is 149 Å². The van der Waals surface area contributed by atoms with E-state index in [0.29, 0.717) is 17.6 Å². The molecule has 1 aliphatic rings. The van der Waals surface area contributed by atoms with Crippen molar-refractivity contribution in [2.24, 2.45) is 0 Å². The molecule has 10 rings (SSSR count). The van der Waals surface area contributed by atoms with Crippen LogP contribution in [0.25, 0.3) is 72.8 Å². The molecule has 0 N–H and O–H groups in total. The quantitative estimate of drug-likeness (QED) is 0.192. The fraction of sp³-hybridized carbons (Fsp3) is 0. The Morgan fingerprint density at radius 3 is 1.64 bits per heavy atom. The minimum Gasteiger partial charge on any atom is -0.309 e. The molecule has 0 aliphatic carbocycles. The standard InChI is InChI=1S/C45H29N5/c1-4-16-30(17-5-1)43-46-44(31-18-6-2-7-19-31)48-45(47-43)50-39-27-15-13-24-35(39)37-28-29-40-41(42(37)50)36-25-11-10-22-33(36)34-23-12-14-26-38(34)49(40)32-20-8-3-9-21-32/h1-29H. The van der Waals surface area contributed by atoms with E-state index < -0.39 is 0 Å². The second kappa shape index (κ2) is 11.4. The summed E-state index contributed by atoms with van der Waals surface area (Å²) >= 11 is 0. The van der Waals surface area contributed by atoms with Crippen LogP contribution in [-0.4, -0.2) is 19.5 Å². The van der Waals surface area contributed by atoms with Crippen LogP contribution in [0.1, 0.15) is 0 Å². The second-order valence-corrected chi connectivity index (χ2v) is 12.5. The molecule has 234 valence electrons. The molecule has 3 heterocycles. The number of benzene rings is 7. The molecule has 7 aromatic carbocycles. The third kappa shape index (κ3) is 4.37. The number of hydrogen-bond acceptors (Lipinski definition) is 4. The molecule has 0 fully saturated rings. The first-order valence-electron chi connectivity index (χ1n) is 16.8. The fourth-order valence-corrected chi connectivity index (χ4v) is 7.42. The highest BCUT2D eigenvalue weighted by Gasteiger charge is 2.30. The van der Waals surface area contributed by atoms with E-state index in [-0.39, 0.29) is 0 Å². The highest BCUT2D eigenvalue weighted by molar-refractivity contribution is 6.19. The highest BCUT2D eigenvalue weighted by atomic mass is 15.2. The molecule has 0 bridgehead atoms. The van der Waals surface area contributed by atoms with Crippen LogP contribution >= 0.6 is 0 Å². The average Bonchev–Trinajstić information content (AvgIpc) is 3.47. The van der Waals surface area contributed by atoms with E-state index in [1.54, 1.807) is 0 Å². The molecule has 5 heteroatoms. The number of anilines is 3. The molecule has 9 aromatic rings. The largest absolute Gasteiger partial charge is 0.309 e. The molecule has 0 spiro atoms. The van der Waals surface area contributed by atoms with Crippen LogP contribution in [0.15, 0.2) is 176 Å². The van der Waals surface area contributed by atoms with Gasteiger partial charge in [-0.05, 0) is 41.5 Å². The summed E-state index contributed by atoms with van der Waals surface area (Å²) in [6.45, 7) is 0. The van der Waals surface area contributed by atoms with Crippen LogP contribution in [0.5, 0.6) is 0 Å². The number of aromatic nitrogens is 4. The topological polar surface area (TPSA) is 46.8 Å². The van der Waals surface area contributed by atoms with E-state index in [9.17, 15) is 0 Å². The monoisotopic (exact) mass is 639 g/mol. The van der Waals surface area contributed by atoms with E-state index in [1.807, 2.05) is 36.4 Å². The third-order valence-electron chi connectivity index (χ3n) is 9.59.